The Kier molecular flexibility index (Phi) is 5.06. The highest BCUT2D eigenvalue weighted by atomic mass is 32.2. The van der Waals surface area contributed by atoms with Gasteiger partial charge in [-0.1, -0.05) is 55.5 Å². The number of amides is 1. The van der Waals surface area contributed by atoms with Crippen LogP contribution in [0.1, 0.15) is 31.9 Å². The van der Waals surface area contributed by atoms with Crippen LogP contribution in [0.2, 0.25) is 0 Å². The van der Waals surface area contributed by atoms with Crippen molar-refractivity contribution in [3.05, 3.63) is 66.2 Å². The lowest BCUT2D eigenvalue weighted by Gasteiger charge is -2.50. The third-order valence-corrected chi connectivity index (χ3v) is 5.81. The molecule has 1 saturated heterocycles. The highest BCUT2D eigenvalue weighted by Crippen LogP contribution is 2.39. The number of carbonyl (C=O) groups is 1. The van der Waals surface area contributed by atoms with Crippen molar-refractivity contribution >= 4 is 17.7 Å². The van der Waals surface area contributed by atoms with E-state index in [1.807, 2.05) is 36.0 Å². The van der Waals surface area contributed by atoms with Crippen LogP contribution in [-0.4, -0.2) is 22.6 Å². The van der Waals surface area contributed by atoms with E-state index in [1.54, 1.807) is 0 Å². The Bertz CT molecular complexity index is 643. The van der Waals surface area contributed by atoms with E-state index in [-0.39, 0.29) is 12.0 Å². The lowest BCUT2D eigenvalue weighted by molar-refractivity contribution is -0.159. The predicted octanol–water partition coefficient (Wildman–Crippen LogP) is 4.78. The van der Waals surface area contributed by atoms with Gasteiger partial charge in [0.05, 0.1) is 18.0 Å². The highest BCUT2D eigenvalue weighted by molar-refractivity contribution is 7.99. The van der Waals surface area contributed by atoms with Crippen molar-refractivity contribution in [2.75, 3.05) is 5.75 Å². The van der Waals surface area contributed by atoms with Crippen molar-refractivity contribution in [1.82, 2.24) is 4.90 Å². The van der Waals surface area contributed by atoms with E-state index in [1.165, 1.54) is 10.5 Å². The van der Waals surface area contributed by atoms with Gasteiger partial charge >= 0.3 is 0 Å². The third-order valence-electron chi connectivity index (χ3n) is 4.70. The minimum Gasteiger partial charge on any atom is -0.331 e. The second-order valence-corrected chi connectivity index (χ2v) is 7.13. The Morgan fingerprint density at radius 2 is 1.65 bits per heavy atom. The van der Waals surface area contributed by atoms with Crippen molar-refractivity contribution in [2.45, 2.75) is 37.2 Å². The fourth-order valence-electron chi connectivity index (χ4n) is 3.34. The first-order valence-corrected chi connectivity index (χ1v) is 9.26. The molecule has 0 spiro atoms. The molecule has 1 aliphatic rings. The number of hydrogen-bond donors (Lipinski definition) is 0. The lowest BCUT2D eigenvalue weighted by atomic mass is 9.84. The number of nitrogens with zero attached hydrogens (tertiary/aromatic N) is 1. The number of rotatable bonds is 6. The maximum atomic E-state index is 12.5. The van der Waals surface area contributed by atoms with Crippen LogP contribution in [0.15, 0.2) is 65.6 Å². The van der Waals surface area contributed by atoms with E-state index < -0.39 is 0 Å². The van der Waals surface area contributed by atoms with Gasteiger partial charge in [-0.3, -0.25) is 4.79 Å². The van der Waals surface area contributed by atoms with Crippen LogP contribution >= 0.6 is 11.8 Å². The Morgan fingerprint density at radius 3 is 2.26 bits per heavy atom. The summed E-state index contributed by atoms with van der Waals surface area (Å²) in [5, 5.41) is 0. The van der Waals surface area contributed by atoms with Crippen LogP contribution in [0.3, 0.4) is 0 Å². The second kappa shape index (κ2) is 7.22. The van der Waals surface area contributed by atoms with Gasteiger partial charge in [-0.25, -0.2) is 0 Å². The Hall–Kier alpha value is -1.74. The molecule has 0 saturated carbocycles. The molecular formula is C20H23NOS. The molecule has 1 amide bonds. The molecule has 0 aromatic heterocycles. The average molecular weight is 325 g/mol. The molecule has 2 nitrogen and oxygen atoms in total. The van der Waals surface area contributed by atoms with Crippen LogP contribution < -0.4 is 0 Å². The lowest BCUT2D eigenvalue weighted by Crippen LogP contribution is -2.62. The summed E-state index contributed by atoms with van der Waals surface area (Å²) in [6.45, 7) is 4.26. The second-order valence-electron chi connectivity index (χ2n) is 6.04. The van der Waals surface area contributed by atoms with Crippen molar-refractivity contribution < 1.29 is 4.79 Å². The first kappa shape index (κ1) is 16.1. The van der Waals surface area contributed by atoms with E-state index in [0.29, 0.717) is 11.9 Å². The molecular weight excluding hydrogens is 302 g/mol. The summed E-state index contributed by atoms with van der Waals surface area (Å²) in [7, 11) is 0. The Labute approximate surface area is 142 Å². The minimum atomic E-state index is 0.146. The number of likely N-dealkylation sites (tertiary alicyclic amines) is 1. The summed E-state index contributed by atoms with van der Waals surface area (Å²) in [5.74, 6) is 1.45. The van der Waals surface area contributed by atoms with Gasteiger partial charge in [-0.15, -0.1) is 11.8 Å². The molecule has 3 heteroatoms. The van der Waals surface area contributed by atoms with E-state index in [4.69, 9.17) is 0 Å². The third kappa shape index (κ3) is 3.30. The topological polar surface area (TPSA) is 20.3 Å². The van der Waals surface area contributed by atoms with E-state index >= 15 is 0 Å². The van der Waals surface area contributed by atoms with Crippen molar-refractivity contribution in [3.63, 3.8) is 0 Å². The van der Waals surface area contributed by atoms with Gasteiger partial charge in [-0.2, -0.15) is 0 Å². The van der Waals surface area contributed by atoms with Gasteiger partial charge < -0.3 is 4.90 Å². The van der Waals surface area contributed by atoms with E-state index in [2.05, 4.69) is 55.1 Å². The molecule has 3 atom stereocenters. The number of benzene rings is 2. The highest BCUT2D eigenvalue weighted by Gasteiger charge is 2.47. The van der Waals surface area contributed by atoms with Crippen molar-refractivity contribution in [1.29, 1.82) is 0 Å². The Balaban J connectivity index is 1.72. The van der Waals surface area contributed by atoms with E-state index in [9.17, 15) is 4.79 Å². The maximum absolute atomic E-state index is 12.5. The Morgan fingerprint density at radius 1 is 1.04 bits per heavy atom. The SMILES string of the molecule is CC[C@H]1C(=O)N([C@@H](C)c2ccccc2)[C@@H]1CSc1ccccc1. The van der Waals surface area contributed by atoms with Gasteiger partial charge in [0, 0.05) is 10.6 Å². The molecule has 2 aromatic carbocycles. The van der Waals surface area contributed by atoms with Crippen LogP contribution in [0.25, 0.3) is 0 Å². The summed E-state index contributed by atoms with van der Waals surface area (Å²) < 4.78 is 0. The number of carbonyl (C=O) groups excluding carboxylic acids is 1. The van der Waals surface area contributed by atoms with Gasteiger partial charge in [0.1, 0.15) is 0 Å². The molecule has 0 bridgehead atoms. The molecule has 1 fully saturated rings. The standard InChI is InChI=1S/C20H23NOS/c1-3-18-19(14-23-17-12-8-5-9-13-17)21(20(18)22)15(2)16-10-6-4-7-11-16/h4-13,15,18-19H,3,14H2,1-2H3/t15-,18+,19+/m0/s1. The van der Waals surface area contributed by atoms with Crippen LogP contribution in [0.5, 0.6) is 0 Å². The maximum Gasteiger partial charge on any atom is 0.228 e. The van der Waals surface area contributed by atoms with Gasteiger partial charge in [-0.05, 0) is 31.0 Å². The van der Waals surface area contributed by atoms with Crippen LogP contribution in [0.4, 0.5) is 0 Å². The van der Waals surface area contributed by atoms with Crippen LogP contribution in [-0.2, 0) is 4.79 Å². The monoisotopic (exact) mass is 325 g/mol. The van der Waals surface area contributed by atoms with Crippen LogP contribution in [0, 0.1) is 5.92 Å². The summed E-state index contributed by atoms with van der Waals surface area (Å²) in [5.41, 5.74) is 1.21. The summed E-state index contributed by atoms with van der Waals surface area (Å²) in [6, 6.07) is 21.2. The molecule has 0 N–H and O–H groups in total. The predicted molar refractivity (Wildman–Crippen MR) is 96.4 cm³/mol. The zero-order valence-corrected chi connectivity index (χ0v) is 14.5. The fourth-order valence-corrected chi connectivity index (χ4v) is 4.45. The first-order valence-electron chi connectivity index (χ1n) is 8.27. The molecule has 0 radical (unpaired) electrons. The molecule has 0 aliphatic carbocycles. The molecule has 2 aromatic rings. The largest absolute Gasteiger partial charge is 0.331 e. The first-order chi connectivity index (χ1) is 11.2. The minimum absolute atomic E-state index is 0.146. The molecule has 120 valence electrons. The van der Waals surface area contributed by atoms with Crippen molar-refractivity contribution in [3.8, 4) is 0 Å². The summed E-state index contributed by atoms with van der Waals surface area (Å²) >= 11 is 1.85. The zero-order chi connectivity index (χ0) is 16.2. The quantitative estimate of drug-likeness (QED) is 0.563. The number of thioether (sulfide) groups is 1. The molecule has 1 heterocycles. The molecule has 23 heavy (non-hydrogen) atoms. The van der Waals surface area contributed by atoms with Gasteiger partial charge in [0.15, 0.2) is 0 Å². The van der Waals surface area contributed by atoms with E-state index in [0.717, 1.165) is 12.2 Å². The molecule has 0 unspecified atom stereocenters. The number of β-lactam (4-membered cyclic amide) rings is 1. The van der Waals surface area contributed by atoms with Gasteiger partial charge in [0.25, 0.3) is 0 Å². The fraction of sp³-hybridized carbons (Fsp3) is 0.350. The molecule has 3 rings (SSSR count). The average Bonchev–Trinajstić information content (AvgIpc) is 2.60. The smallest absolute Gasteiger partial charge is 0.228 e. The number of hydrogen-bond acceptors (Lipinski definition) is 2. The summed E-state index contributed by atoms with van der Waals surface area (Å²) in [4.78, 5) is 15.9. The zero-order valence-electron chi connectivity index (χ0n) is 13.7. The van der Waals surface area contributed by atoms with Crippen molar-refractivity contribution in [2.24, 2.45) is 5.92 Å². The summed E-state index contributed by atoms with van der Waals surface area (Å²) in [6.07, 6.45) is 0.927. The normalized spacial score (nSPS) is 21.8. The van der Waals surface area contributed by atoms with Gasteiger partial charge in [0.2, 0.25) is 5.91 Å². The molecule has 1 aliphatic heterocycles.